The molecule has 0 aromatic heterocycles. The third-order valence-electron chi connectivity index (χ3n) is 0.866. The van der Waals surface area contributed by atoms with Gasteiger partial charge in [-0.15, -0.1) is 0 Å². The zero-order chi connectivity index (χ0) is 6.62. The second-order valence-electron chi connectivity index (χ2n) is 1.88. The molecule has 0 aromatic rings. The van der Waals surface area contributed by atoms with Crippen LogP contribution in [0.4, 0.5) is 0 Å². The first-order valence-corrected chi connectivity index (χ1v) is 4.78. The van der Waals surface area contributed by atoms with E-state index in [1.54, 1.807) is 0 Å². The van der Waals surface area contributed by atoms with Gasteiger partial charge in [0.1, 0.15) is 0 Å². The average Bonchev–Trinajstić information content (AvgIpc) is 1.59. The minimum atomic E-state index is -3.68. The van der Waals surface area contributed by atoms with Gasteiger partial charge in [0.2, 0.25) is 0 Å². The van der Waals surface area contributed by atoms with Crippen molar-refractivity contribution in [2.45, 2.75) is 19.8 Å². The fourth-order valence-electron chi connectivity index (χ4n) is 0.414. The molecule has 0 spiro atoms. The van der Waals surface area contributed by atoms with Gasteiger partial charge in [-0.1, -0.05) is 0 Å². The summed E-state index contributed by atoms with van der Waals surface area (Å²) < 4.78 is 0. The number of rotatable bonds is 3. The monoisotopic (exact) mass is 154 g/mol. The molecule has 0 amide bonds. The molecule has 0 rings (SSSR count). The predicted molar refractivity (Wildman–Crippen MR) is 44.7 cm³/mol. The molecule has 0 aliphatic rings. The Kier molecular flexibility index (Phi) is 6.96. The van der Waals surface area contributed by atoms with E-state index in [9.17, 15) is 0 Å². The van der Waals surface area contributed by atoms with Crippen LogP contribution < -0.4 is 0 Å². The Morgan fingerprint density at radius 3 is 1.78 bits per heavy atom. The third kappa shape index (κ3) is 11.8. The second-order valence-corrected chi connectivity index (χ2v) is 3.93. The summed E-state index contributed by atoms with van der Waals surface area (Å²) in [7, 11) is -3.68. The van der Waals surface area contributed by atoms with Crippen LogP contribution in [0.2, 0.25) is 0 Å². The minimum absolute atomic E-state index is 0. The standard InChI is InChI=1S/C4H13O3P.BH3/c1-2-3-4-8(5,6)7;/h5-8H,2-4H2,1H3;1H3. The van der Waals surface area contributed by atoms with Crippen LogP contribution in [0.5, 0.6) is 0 Å². The van der Waals surface area contributed by atoms with Gasteiger partial charge in [0.05, 0.1) is 8.41 Å². The normalized spacial score (nSPS) is 12.4. The summed E-state index contributed by atoms with van der Waals surface area (Å²) in [4.78, 5) is 25.2. The van der Waals surface area contributed by atoms with E-state index in [2.05, 4.69) is 0 Å². The number of hydrogen-bond donors (Lipinski definition) is 3. The van der Waals surface area contributed by atoms with Crippen LogP contribution in [0, 0.1) is 0 Å². The molecular weight excluding hydrogens is 138 g/mol. The SMILES string of the molecule is B.CCCC[PH](O)(O)O. The third-order valence-corrected chi connectivity index (χ3v) is 1.89. The fraction of sp³-hybridized carbons (Fsp3) is 1.00. The van der Waals surface area contributed by atoms with Gasteiger partial charge in [-0.05, 0) is 0 Å². The Labute approximate surface area is 57.9 Å². The average molecular weight is 154 g/mol. The van der Waals surface area contributed by atoms with Gasteiger partial charge in [0.25, 0.3) is 0 Å². The fourth-order valence-corrected chi connectivity index (χ4v) is 1.24. The summed E-state index contributed by atoms with van der Waals surface area (Å²) in [5, 5.41) is 0. The summed E-state index contributed by atoms with van der Waals surface area (Å²) in [5.41, 5.74) is 0. The molecule has 0 saturated heterocycles. The maximum atomic E-state index is 8.40. The Morgan fingerprint density at radius 2 is 1.67 bits per heavy atom. The van der Waals surface area contributed by atoms with Gasteiger partial charge >= 0.3 is 48.6 Å². The quantitative estimate of drug-likeness (QED) is 0.363. The van der Waals surface area contributed by atoms with Crippen LogP contribution in [-0.4, -0.2) is 29.3 Å². The molecule has 0 heterocycles. The van der Waals surface area contributed by atoms with Crippen LogP contribution in [0.15, 0.2) is 0 Å². The molecule has 5 heteroatoms. The van der Waals surface area contributed by atoms with Crippen LogP contribution in [0.3, 0.4) is 0 Å². The molecule has 0 bridgehead atoms. The van der Waals surface area contributed by atoms with Crippen molar-refractivity contribution in [3.8, 4) is 0 Å². The van der Waals surface area contributed by atoms with Crippen LogP contribution in [0.25, 0.3) is 0 Å². The maximum absolute atomic E-state index is 8.40. The van der Waals surface area contributed by atoms with E-state index < -0.39 is 7.94 Å². The first-order chi connectivity index (χ1) is 3.56. The summed E-state index contributed by atoms with van der Waals surface area (Å²) in [5.74, 6) is 0. The Balaban J connectivity index is 0. The first kappa shape index (κ1) is 12.1. The molecule has 0 aromatic carbocycles. The van der Waals surface area contributed by atoms with E-state index in [4.69, 9.17) is 14.7 Å². The van der Waals surface area contributed by atoms with Crippen molar-refractivity contribution in [2.75, 3.05) is 6.16 Å². The summed E-state index contributed by atoms with van der Waals surface area (Å²) in [6.45, 7) is 1.93. The molecule has 0 aliphatic heterocycles. The van der Waals surface area contributed by atoms with Crippen molar-refractivity contribution in [3.63, 3.8) is 0 Å². The zero-order valence-electron chi connectivity index (χ0n) is 4.96. The molecule has 9 heavy (non-hydrogen) atoms. The van der Waals surface area contributed by atoms with E-state index in [-0.39, 0.29) is 14.6 Å². The molecule has 3 nitrogen and oxygen atoms in total. The summed E-state index contributed by atoms with van der Waals surface area (Å²) >= 11 is 0. The van der Waals surface area contributed by atoms with Crippen molar-refractivity contribution in [3.05, 3.63) is 0 Å². The van der Waals surface area contributed by atoms with Gasteiger partial charge in [-0.25, -0.2) is 0 Å². The summed E-state index contributed by atoms with van der Waals surface area (Å²) in [6, 6.07) is 0. The molecule has 0 unspecified atom stereocenters. The second kappa shape index (κ2) is 5.18. The van der Waals surface area contributed by atoms with Crippen LogP contribution in [0.1, 0.15) is 19.8 Å². The van der Waals surface area contributed by atoms with Crippen molar-refractivity contribution in [1.29, 1.82) is 0 Å². The van der Waals surface area contributed by atoms with Crippen LogP contribution in [-0.2, 0) is 0 Å². The van der Waals surface area contributed by atoms with Gasteiger partial charge < -0.3 is 0 Å². The van der Waals surface area contributed by atoms with Crippen molar-refractivity contribution < 1.29 is 14.7 Å². The molecule has 3 N–H and O–H groups in total. The number of hydrogen-bond acceptors (Lipinski definition) is 3. The van der Waals surface area contributed by atoms with E-state index in [1.807, 2.05) is 6.92 Å². The van der Waals surface area contributed by atoms with Crippen molar-refractivity contribution in [2.24, 2.45) is 0 Å². The molecule has 58 valence electrons. The van der Waals surface area contributed by atoms with Gasteiger partial charge in [-0.3, -0.25) is 0 Å². The molecule has 0 fully saturated rings. The Bertz CT molecular complexity index is 63.3. The van der Waals surface area contributed by atoms with E-state index in [0.29, 0.717) is 6.42 Å². The summed E-state index contributed by atoms with van der Waals surface area (Å²) in [6.07, 6.45) is 1.75. The van der Waals surface area contributed by atoms with Crippen molar-refractivity contribution in [1.82, 2.24) is 0 Å². The number of unbranched alkanes of at least 4 members (excludes halogenated alkanes) is 1. The van der Waals surface area contributed by atoms with Crippen molar-refractivity contribution >= 4 is 16.4 Å². The van der Waals surface area contributed by atoms with E-state index >= 15 is 0 Å². The predicted octanol–water partition coefficient (Wildman–Crippen LogP) is -0.926. The molecule has 0 radical (unpaired) electrons. The van der Waals surface area contributed by atoms with Gasteiger partial charge in [0.15, 0.2) is 0 Å². The Morgan fingerprint density at radius 1 is 1.22 bits per heavy atom. The van der Waals surface area contributed by atoms with E-state index in [1.165, 1.54) is 0 Å². The zero-order valence-corrected chi connectivity index (χ0v) is 5.96. The molecule has 0 saturated carbocycles. The Hall–Kier alpha value is 0.375. The van der Waals surface area contributed by atoms with E-state index in [0.717, 1.165) is 6.42 Å². The molecular formula is C4H16BO3P. The molecule has 0 atom stereocenters. The molecule has 0 aliphatic carbocycles. The van der Waals surface area contributed by atoms with Gasteiger partial charge in [0, 0.05) is 0 Å². The topological polar surface area (TPSA) is 60.7 Å². The first-order valence-electron chi connectivity index (χ1n) is 2.73. The van der Waals surface area contributed by atoms with Crippen LogP contribution >= 0.6 is 7.94 Å². The van der Waals surface area contributed by atoms with Gasteiger partial charge in [-0.2, -0.15) is 0 Å².